The average molecular weight is 423 g/mol. The lowest BCUT2D eigenvalue weighted by molar-refractivity contribution is 0.171. The number of pyridine rings is 1. The molecule has 31 heavy (non-hydrogen) atoms. The third-order valence-electron chi connectivity index (χ3n) is 6.55. The lowest BCUT2D eigenvalue weighted by Crippen LogP contribution is -2.44. The van der Waals surface area contributed by atoms with E-state index in [1.54, 1.807) is 22.1 Å². The highest BCUT2D eigenvalue weighted by Gasteiger charge is 2.29. The molecule has 5 rings (SSSR count). The molecule has 162 valence electrons. The van der Waals surface area contributed by atoms with Crippen molar-refractivity contribution in [1.29, 1.82) is 0 Å². The van der Waals surface area contributed by atoms with Crippen LogP contribution < -0.4 is 16.4 Å². The highest BCUT2D eigenvalue weighted by atomic mass is 19.1. The largest absolute Gasteiger partial charge is 0.310 e. The zero-order chi connectivity index (χ0) is 21.5. The van der Waals surface area contributed by atoms with E-state index < -0.39 is 0 Å². The number of nitrogens with zero attached hydrogens (tertiary/aromatic N) is 4. The number of piperidine rings is 1. The van der Waals surface area contributed by atoms with Gasteiger partial charge in [-0.2, -0.15) is 0 Å². The smallest absolute Gasteiger partial charge is 0.270 e. The van der Waals surface area contributed by atoms with E-state index in [9.17, 15) is 14.0 Å². The molecule has 1 saturated heterocycles. The van der Waals surface area contributed by atoms with Gasteiger partial charge in [0, 0.05) is 31.7 Å². The fraction of sp³-hybridized carbons (Fsp3) is 0.435. The van der Waals surface area contributed by atoms with Gasteiger partial charge in [-0.15, -0.1) is 0 Å². The Balaban J connectivity index is 1.21. The minimum absolute atomic E-state index is 0.0557. The van der Waals surface area contributed by atoms with Crippen molar-refractivity contribution in [2.75, 3.05) is 19.6 Å². The second kappa shape index (κ2) is 8.01. The predicted molar refractivity (Wildman–Crippen MR) is 117 cm³/mol. The summed E-state index contributed by atoms with van der Waals surface area (Å²) in [7, 11) is 0. The zero-order valence-corrected chi connectivity index (χ0v) is 17.6. The van der Waals surface area contributed by atoms with E-state index in [1.165, 1.54) is 18.3 Å². The molecule has 1 N–H and O–H groups in total. The summed E-state index contributed by atoms with van der Waals surface area (Å²) in [6.07, 6.45) is 3.38. The summed E-state index contributed by atoms with van der Waals surface area (Å²) in [6.45, 7) is 5.64. The molecule has 3 aromatic rings. The highest BCUT2D eigenvalue weighted by Crippen LogP contribution is 2.24. The standard InChI is InChI=1S/C23H26FN5O2/c1-15-10-16(2-3-19(15)24)11-25-17-6-8-27(9-7-17)13-18-14-28-21(30)5-4-20-23(28)29(18)22(31)12-26-20/h2-5,10,12,17-18,25H,6-9,11,13-14H2,1H3/t18-/m1/s1. The maximum absolute atomic E-state index is 13.4. The summed E-state index contributed by atoms with van der Waals surface area (Å²) in [4.78, 5) is 31.4. The number of halogens is 1. The summed E-state index contributed by atoms with van der Waals surface area (Å²) in [5, 5.41) is 3.59. The normalized spacial score (nSPS) is 19.4. The first-order valence-corrected chi connectivity index (χ1v) is 10.8. The van der Waals surface area contributed by atoms with Crippen LogP contribution in [0.2, 0.25) is 0 Å². The van der Waals surface area contributed by atoms with E-state index in [0.29, 0.717) is 29.3 Å². The quantitative estimate of drug-likeness (QED) is 0.678. The van der Waals surface area contributed by atoms with Gasteiger partial charge in [0.1, 0.15) is 17.0 Å². The Bertz CT molecular complexity index is 1240. The van der Waals surface area contributed by atoms with Gasteiger partial charge in [-0.05, 0) is 56.1 Å². The van der Waals surface area contributed by atoms with Gasteiger partial charge in [-0.1, -0.05) is 12.1 Å². The maximum Gasteiger partial charge on any atom is 0.270 e. The summed E-state index contributed by atoms with van der Waals surface area (Å²) in [5.41, 5.74) is 2.84. The predicted octanol–water partition coefficient (Wildman–Crippen LogP) is 1.81. The van der Waals surface area contributed by atoms with Crippen LogP contribution in [0.1, 0.15) is 30.0 Å². The van der Waals surface area contributed by atoms with E-state index in [4.69, 9.17) is 0 Å². The Labute approximate surface area is 179 Å². The van der Waals surface area contributed by atoms with Crippen LogP contribution in [0.25, 0.3) is 11.2 Å². The van der Waals surface area contributed by atoms with Crippen molar-refractivity contribution in [2.24, 2.45) is 0 Å². The number of likely N-dealkylation sites (tertiary alicyclic amines) is 1. The fourth-order valence-corrected chi connectivity index (χ4v) is 4.86. The molecule has 0 unspecified atom stereocenters. The molecule has 1 atom stereocenters. The molecule has 0 bridgehead atoms. The molecular weight excluding hydrogens is 397 g/mol. The minimum atomic E-state index is -0.168. The lowest BCUT2D eigenvalue weighted by Gasteiger charge is -2.34. The zero-order valence-electron chi connectivity index (χ0n) is 17.6. The maximum atomic E-state index is 13.4. The molecule has 0 radical (unpaired) electrons. The van der Waals surface area contributed by atoms with Crippen molar-refractivity contribution in [3.05, 3.63) is 74.2 Å². The van der Waals surface area contributed by atoms with Crippen molar-refractivity contribution < 1.29 is 4.39 Å². The first kappa shape index (κ1) is 20.1. The number of hydrogen-bond acceptors (Lipinski definition) is 5. The van der Waals surface area contributed by atoms with Gasteiger partial charge in [-0.25, -0.2) is 9.37 Å². The van der Waals surface area contributed by atoms with Crippen LogP contribution in [-0.2, 0) is 13.1 Å². The van der Waals surface area contributed by atoms with Crippen LogP contribution in [0.3, 0.4) is 0 Å². The lowest BCUT2D eigenvalue weighted by atomic mass is 10.0. The Morgan fingerprint density at radius 3 is 2.71 bits per heavy atom. The van der Waals surface area contributed by atoms with Crippen molar-refractivity contribution >= 4 is 11.2 Å². The first-order chi connectivity index (χ1) is 15.0. The minimum Gasteiger partial charge on any atom is -0.310 e. The van der Waals surface area contributed by atoms with Gasteiger partial charge >= 0.3 is 0 Å². The summed E-state index contributed by atoms with van der Waals surface area (Å²) < 4.78 is 16.9. The van der Waals surface area contributed by atoms with Gasteiger partial charge in [0.15, 0.2) is 0 Å². The molecule has 0 amide bonds. The molecule has 8 heteroatoms. The number of hydrogen-bond donors (Lipinski definition) is 1. The van der Waals surface area contributed by atoms with Gasteiger partial charge in [0.05, 0.1) is 12.2 Å². The third kappa shape index (κ3) is 3.81. The summed E-state index contributed by atoms with van der Waals surface area (Å²) >= 11 is 0. The van der Waals surface area contributed by atoms with E-state index in [1.807, 2.05) is 12.1 Å². The van der Waals surface area contributed by atoms with Crippen molar-refractivity contribution in [3.8, 4) is 0 Å². The Morgan fingerprint density at radius 1 is 1.13 bits per heavy atom. The molecule has 1 aromatic carbocycles. The van der Waals surface area contributed by atoms with Gasteiger partial charge in [-0.3, -0.25) is 18.7 Å². The van der Waals surface area contributed by atoms with E-state index in [0.717, 1.165) is 44.6 Å². The second-order valence-corrected chi connectivity index (χ2v) is 8.65. The Hall–Kier alpha value is -2.84. The van der Waals surface area contributed by atoms with Crippen LogP contribution >= 0.6 is 0 Å². The van der Waals surface area contributed by atoms with Gasteiger partial charge in [0.2, 0.25) is 0 Å². The third-order valence-corrected chi connectivity index (χ3v) is 6.55. The van der Waals surface area contributed by atoms with Crippen molar-refractivity contribution in [2.45, 2.75) is 44.9 Å². The SMILES string of the molecule is Cc1cc(CNC2CCN(C[C@@H]3Cn4c(=O)ccc5ncc(=O)n3c54)CC2)ccc1F. The van der Waals surface area contributed by atoms with Crippen LogP contribution in [0.5, 0.6) is 0 Å². The number of aryl methyl sites for hydroxylation is 1. The van der Waals surface area contributed by atoms with Crippen LogP contribution in [0.4, 0.5) is 4.39 Å². The van der Waals surface area contributed by atoms with Crippen LogP contribution in [0.15, 0.2) is 46.1 Å². The van der Waals surface area contributed by atoms with Crippen LogP contribution in [0, 0.1) is 12.7 Å². The van der Waals surface area contributed by atoms with E-state index in [2.05, 4.69) is 15.2 Å². The summed E-state index contributed by atoms with van der Waals surface area (Å²) in [5.74, 6) is -0.168. The van der Waals surface area contributed by atoms with Crippen LogP contribution in [-0.4, -0.2) is 44.7 Å². The van der Waals surface area contributed by atoms with Crippen molar-refractivity contribution in [3.63, 3.8) is 0 Å². The average Bonchev–Trinajstić information content (AvgIpc) is 3.15. The molecule has 0 saturated carbocycles. The Morgan fingerprint density at radius 2 is 1.94 bits per heavy atom. The topological polar surface area (TPSA) is 72.2 Å². The molecule has 2 aliphatic rings. The van der Waals surface area contributed by atoms with Gasteiger partial charge < -0.3 is 10.2 Å². The molecule has 4 heterocycles. The monoisotopic (exact) mass is 423 g/mol. The molecule has 7 nitrogen and oxygen atoms in total. The van der Waals surface area contributed by atoms with E-state index in [-0.39, 0.29) is 23.0 Å². The van der Waals surface area contributed by atoms with Gasteiger partial charge in [0.25, 0.3) is 11.1 Å². The number of rotatable bonds is 5. The van der Waals surface area contributed by atoms with E-state index >= 15 is 0 Å². The molecule has 1 fully saturated rings. The number of benzene rings is 1. The molecular formula is C23H26FN5O2. The molecule has 2 aromatic heterocycles. The molecule has 2 aliphatic heterocycles. The number of aromatic nitrogens is 3. The molecule has 0 spiro atoms. The molecule has 0 aliphatic carbocycles. The highest BCUT2D eigenvalue weighted by molar-refractivity contribution is 5.71. The first-order valence-electron chi connectivity index (χ1n) is 10.8. The summed E-state index contributed by atoms with van der Waals surface area (Å²) in [6, 6.07) is 8.82. The number of nitrogens with one attached hydrogen (secondary N) is 1. The van der Waals surface area contributed by atoms with Crippen molar-refractivity contribution in [1.82, 2.24) is 24.3 Å². The second-order valence-electron chi connectivity index (χ2n) is 8.65. The Kier molecular flexibility index (Phi) is 5.19. The fourth-order valence-electron chi connectivity index (χ4n) is 4.86.